The lowest BCUT2D eigenvalue weighted by Gasteiger charge is -2.37. The van der Waals surface area contributed by atoms with Crippen LogP contribution in [-0.2, 0) is 16.1 Å². The van der Waals surface area contributed by atoms with E-state index in [1.807, 2.05) is 23.1 Å². The molecule has 0 bridgehead atoms. The van der Waals surface area contributed by atoms with E-state index in [2.05, 4.69) is 10.2 Å². The van der Waals surface area contributed by atoms with Crippen molar-refractivity contribution < 1.29 is 19.0 Å². The molecule has 2 heterocycles. The molecule has 1 aromatic rings. The van der Waals surface area contributed by atoms with Gasteiger partial charge < -0.3 is 24.4 Å². The highest BCUT2D eigenvalue weighted by molar-refractivity contribution is 5.82. The molecule has 0 aromatic heterocycles. The maximum Gasteiger partial charge on any atom is 0.242 e. The van der Waals surface area contributed by atoms with E-state index in [4.69, 9.17) is 14.2 Å². The summed E-state index contributed by atoms with van der Waals surface area (Å²) in [6.07, 6.45) is 0. The third-order valence-electron chi connectivity index (χ3n) is 4.79. The number of benzene rings is 1. The first-order chi connectivity index (χ1) is 12.2. The summed E-state index contributed by atoms with van der Waals surface area (Å²) in [6, 6.07) is 5.65. The fourth-order valence-electron chi connectivity index (χ4n) is 3.32. The van der Waals surface area contributed by atoms with Crippen molar-refractivity contribution in [3.05, 3.63) is 23.8 Å². The van der Waals surface area contributed by atoms with Gasteiger partial charge in [0.15, 0.2) is 0 Å². The lowest BCUT2D eigenvalue weighted by molar-refractivity contribution is -0.138. The quantitative estimate of drug-likeness (QED) is 0.827. The van der Waals surface area contributed by atoms with Crippen LogP contribution in [0.15, 0.2) is 18.2 Å². The summed E-state index contributed by atoms with van der Waals surface area (Å²) in [4.78, 5) is 16.8. The van der Waals surface area contributed by atoms with Gasteiger partial charge in [0.1, 0.15) is 17.5 Å². The molecule has 7 heteroatoms. The molecule has 3 rings (SSSR count). The Balaban J connectivity index is 1.55. The highest BCUT2D eigenvalue weighted by Crippen LogP contribution is 2.25. The Kier molecular flexibility index (Phi) is 6.12. The van der Waals surface area contributed by atoms with Gasteiger partial charge in [-0.05, 0) is 18.2 Å². The summed E-state index contributed by atoms with van der Waals surface area (Å²) in [5, 5.41) is 3.23. The number of ether oxygens (including phenoxy) is 3. The molecule has 1 amide bonds. The average Bonchev–Trinajstić information content (AvgIpc) is 2.68. The SMILES string of the molecule is COc1ccc(OC)c(CN2CCN(C(=O)C3COCCN3)CC2)c1. The highest BCUT2D eigenvalue weighted by Gasteiger charge is 2.29. The third-order valence-corrected chi connectivity index (χ3v) is 4.79. The van der Waals surface area contributed by atoms with Gasteiger partial charge in [-0.3, -0.25) is 9.69 Å². The number of amides is 1. The molecule has 2 aliphatic heterocycles. The molecule has 1 N–H and O–H groups in total. The largest absolute Gasteiger partial charge is 0.497 e. The van der Waals surface area contributed by atoms with Crippen LogP contribution < -0.4 is 14.8 Å². The fraction of sp³-hybridized carbons (Fsp3) is 0.611. The van der Waals surface area contributed by atoms with E-state index < -0.39 is 0 Å². The second-order valence-electron chi connectivity index (χ2n) is 6.36. The van der Waals surface area contributed by atoms with Crippen molar-refractivity contribution in [3.8, 4) is 11.5 Å². The predicted molar refractivity (Wildman–Crippen MR) is 94.0 cm³/mol. The van der Waals surface area contributed by atoms with E-state index in [0.29, 0.717) is 13.2 Å². The van der Waals surface area contributed by atoms with Gasteiger partial charge in [0, 0.05) is 44.8 Å². The van der Waals surface area contributed by atoms with E-state index >= 15 is 0 Å². The Hall–Kier alpha value is -1.83. The molecular formula is C18H27N3O4. The lowest BCUT2D eigenvalue weighted by atomic mass is 10.1. The summed E-state index contributed by atoms with van der Waals surface area (Å²) in [7, 11) is 3.35. The van der Waals surface area contributed by atoms with Crippen LogP contribution in [0.5, 0.6) is 11.5 Å². The van der Waals surface area contributed by atoms with Crippen molar-refractivity contribution in [2.75, 3.05) is 60.2 Å². The zero-order valence-corrected chi connectivity index (χ0v) is 15.0. The van der Waals surface area contributed by atoms with Crippen LogP contribution in [0.1, 0.15) is 5.56 Å². The van der Waals surface area contributed by atoms with Crippen LogP contribution in [0.2, 0.25) is 0 Å². The highest BCUT2D eigenvalue weighted by atomic mass is 16.5. The second-order valence-corrected chi connectivity index (χ2v) is 6.36. The molecule has 1 atom stereocenters. The van der Waals surface area contributed by atoms with Crippen molar-refractivity contribution in [2.45, 2.75) is 12.6 Å². The predicted octanol–water partition coefficient (Wildman–Crippen LogP) is 0.336. The number of hydrogen-bond donors (Lipinski definition) is 1. The molecule has 138 valence electrons. The van der Waals surface area contributed by atoms with Crippen LogP contribution in [-0.4, -0.2) is 81.9 Å². The number of carbonyl (C=O) groups is 1. The molecule has 0 radical (unpaired) electrons. The molecule has 2 fully saturated rings. The van der Waals surface area contributed by atoms with Gasteiger partial charge in [-0.1, -0.05) is 0 Å². The summed E-state index contributed by atoms with van der Waals surface area (Å²) in [5.74, 6) is 1.84. The van der Waals surface area contributed by atoms with Gasteiger partial charge in [0.25, 0.3) is 0 Å². The van der Waals surface area contributed by atoms with Crippen molar-refractivity contribution in [1.29, 1.82) is 0 Å². The van der Waals surface area contributed by atoms with Crippen molar-refractivity contribution in [1.82, 2.24) is 15.1 Å². The maximum atomic E-state index is 12.5. The van der Waals surface area contributed by atoms with Crippen molar-refractivity contribution >= 4 is 5.91 Å². The minimum Gasteiger partial charge on any atom is -0.497 e. The zero-order valence-electron chi connectivity index (χ0n) is 15.0. The van der Waals surface area contributed by atoms with Gasteiger partial charge >= 0.3 is 0 Å². The molecule has 0 aliphatic carbocycles. The van der Waals surface area contributed by atoms with Crippen LogP contribution in [0.3, 0.4) is 0 Å². The van der Waals surface area contributed by atoms with E-state index in [1.165, 1.54) is 0 Å². The van der Waals surface area contributed by atoms with Gasteiger partial charge in [-0.25, -0.2) is 0 Å². The number of piperazine rings is 1. The average molecular weight is 349 g/mol. The lowest BCUT2D eigenvalue weighted by Crippen LogP contribution is -2.57. The van der Waals surface area contributed by atoms with Crippen LogP contribution in [0, 0.1) is 0 Å². The molecule has 0 saturated carbocycles. The molecule has 2 saturated heterocycles. The monoisotopic (exact) mass is 349 g/mol. The Morgan fingerprint density at radius 1 is 1.24 bits per heavy atom. The molecule has 0 spiro atoms. The second kappa shape index (κ2) is 8.51. The molecule has 2 aliphatic rings. The van der Waals surface area contributed by atoms with Gasteiger partial charge in [0.05, 0.1) is 27.4 Å². The number of rotatable bonds is 5. The van der Waals surface area contributed by atoms with Crippen molar-refractivity contribution in [3.63, 3.8) is 0 Å². The maximum absolute atomic E-state index is 12.5. The smallest absolute Gasteiger partial charge is 0.242 e. The van der Waals surface area contributed by atoms with Crippen LogP contribution in [0.4, 0.5) is 0 Å². The topological polar surface area (TPSA) is 63.3 Å². The number of nitrogens with zero attached hydrogens (tertiary/aromatic N) is 2. The number of methoxy groups -OCH3 is 2. The minimum absolute atomic E-state index is 0.151. The summed E-state index contributed by atoms with van der Waals surface area (Å²) in [5.41, 5.74) is 1.10. The zero-order chi connectivity index (χ0) is 17.6. The molecule has 7 nitrogen and oxygen atoms in total. The first-order valence-corrected chi connectivity index (χ1v) is 8.74. The third kappa shape index (κ3) is 4.42. The van der Waals surface area contributed by atoms with Gasteiger partial charge in [0.2, 0.25) is 5.91 Å². The summed E-state index contributed by atoms with van der Waals surface area (Å²) >= 11 is 0. The number of morpholine rings is 1. The summed E-state index contributed by atoms with van der Waals surface area (Å²) in [6.45, 7) is 5.85. The van der Waals surface area contributed by atoms with E-state index in [9.17, 15) is 4.79 Å². The van der Waals surface area contributed by atoms with Gasteiger partial charge in [-0.15, -0.1) is 0 Å². The fourth-order valence-corrected chi connectivity index (χ4v) is 3.32. The molecule has 1 aromatic carbocycles. The molecular weight excluding hydrogens is 322 g/mol. The van der Waals surface area contributed by atoms with Crippen molar-refractivity contribution in [2.24, 2.45) is 0 Å². The first kappa shape index (κ1) is 18.0. The molecule has 1 unspecified atom stereocenters. The van der Waals surface area contributed by atoms with Gasteiger partial charge in [-0.2, -0.15) is 0 Å². The number of nitrogens with one attached hydrogen (secondary N) is 1. The Labute approximate surface area is 148 Å². The standard InChI is InChI=1S/C18H27N3O4/c1-23-15-3-4-17(24-2)14(11-15)12-20-6-8-21(9-7-20)18(22)16-13-25-10-5-19-16/h3-4,11,16,19H,5-10,12-13H2,1-2H3. The summed E-state index contributed by atoms with van der Waals surface area (Å²) < 4.78 is 16.2. The van der Waals surface area contributed by atoms with E-state index in [-0.39, 0.29) is 11.9 Å². The van der Waals surface area contributed by atoms with E-state index in [0.717, 1.165) is 56.3 Å². The molecule has 25 heavy (non-hydrogen) atoms. The normalized spacial score (nSPS) is 21.8. The number of carbonyl (C=O) groups excluding carboxylic acids is 1. The Morgan fingerprint density at radius 3 is 2.68 bits per heavy atom. The van der Waals surface area contributed by atoms with Crippen LogP contribution >= 0.6 is 0 Å². The Bertz CT molecular complexity index is 582. The Morgan fingerprint density at radius 2 is 2.04 bits per heavy atom. The minimum atomic E-state index is -0.196. The van der Waals surface area contributed by atoms with Crippen LogP contribution in [0.25, 0.3) is 0 Å². The number of hydrogen-bond acceptors (Lipinski definition) is 6. The van der Waals surface area contributed by atoms with E-state index in [1.54, 1.807) is 14.2 Å². The first-order valence-electron chi connectivity index (χ1n) is 8.74.